The van der Waals surface area contributed by atoms with Crippen molar-refractivity contribution >= 4 is 5.69 Å². The molecule has 1 saturated heterocycles. The summed E-state index contributed by atoms with van der Waals surface area (Å²) in [4.78, 5) is 12.3. The van der Waals surface area contributed by atoms with Gasteiger partial charge in [0, 0.05) is 25.8 Å². The Morgan fingerprint density at radius 2 is 2.32 bits per heavy atom. The highest BCUT2D eigenvalue weighted by Crippen LogP contribution is 2.20. The first-order valence-corrected chi connectivity index (χ1v) is 7.47. The van der Waals surface area contributed by atoms with Crippen molar-refractivity contribution in [2.45, 2.75) is 18.9 Å². The van der Waals surface area contributed by atoms with Gasteiger partial charge in [-0.3, -0.25) is 10.1 Å². The number of rotatable bonds is 7. The van der Waals surface area contributed by atoms with E-state index < -0.39 is 11.0 Å². The van der Waals surface area contributed by atoms with Gasteiger partial charge in [0.1, 0.15) is 18.5 Å². The monoisotopic (exact) mass is 310 g/mol. The standard InChI is InChI=1S/C15H22N2O5/c18-10-12-3-2-6-16(8-12)9-14(19)11-22-15-5-1-4-13(7-15)17(20)21/h1,4-5,7,12,14,18-19H,2-3,6,8-11H2/t12-,14+/m0/s1. The van der Waals surface area contributed by atoms with Gasteiger partial charge in [-0.1, -0.05) is 6.07 Å². The van der Waals surface area contributed by atoms with Crippen LogP contribution in [0.4, 0.5) is 5.69 Å². The van der Waals surface area contributed by atoms with Gasteiger partial charge in [0.25, 0.3) is 5.69 Å². The molecule has 7 heteroatoms. The van der Waals surface area contributed by atoms with E-state index in [2.05, 4.69) is 4.90 Å². The van der Waals surface area contributed by atoms with Crippen LogP contribution in [0.25, 0.3) is 0 Å². The molecule has 1 heterocycles. The average Bonchev–Trinajstić information content (AvgIpc) is 2.53. The molecule has 1 aliphatic rings. The molecule has 1 fully saturated rings. The van der Waals surface area contributed by atoms with E-state index in [-0.39, 0.29) is 24.8 Å². The Morgan fingerprint density at radius 3 is 3.05 bits per heavy atom. The minimum atomic E-state index is -0.670. The Balaban J connectivity index is 1.78. The lowest BCUT2D eigenvalue weighted by atomic mass is 9.99. The summed E-state index contributed by atoms with van der Waals surface area (Å²) >= 11 is 0. The minimum Gasteiger partial charge on any atom is -0.491 e. The van der Waals surface area contributed by atoms with Gasteiger partial charge in [-0.2, -0.15) is 0 Å². The summed E-state index contributed by atoms with van der Waals surface area (Å²) in [7, 11) is 0. The van der Waals surface area contributed by atoms with Crippen LogP contribution in [0.3, 0.4) is 0 Å². The molecule has 122 valence electrons. The second-order valence-electron chi connectivity index (χ2n) is 5.67. The van der Waals surface area contributed by atoms with Crippen molar-refractivity contribution in [3.63, 3.8) is 0 Å². The van der Waals surface area contributed by atoms with Gasteiger partial charge >= 0.3 is 0 Å². The Bertz CT molecular complexity index is 497. The van der Waals surface area contributed by atoms with Crippen molar-refractivity contribution in [2.24, 2.45) is 5.92 Å². The first kappa shape index (κ1) is 16.7. The van der Waals surface area contributed by atoms with Gasteiger partial charge in [0.15, 0.2) is 0 Å². The lowest BCUT2D eigenvalue weighted by molar-refractivity contribution is -0.384. The number of nitro benzene ring substituents is 1. The molecule has 0 saturated carbocycles. The van der Waals surface area contributed by atoms with Gasteiger partial charge in [0.05, 0.1) is 11.0 Å². The molecule has 0 radical (unpaired) electrons. The zero-order valence-electron chi connectivity index (χ0n) is 12.4. The molecule has 2 atom stereocenters. The number of β-amino-alcohol motifs (C(OH)–C–C–N with tert-alkyl or cyclic N) is 1. The highest BCUT2D eigenvalue weighted by atomic mass is 16.6. The molecule has 1 aromatic rings. The predicted octanol–water partition coefficient (Wildman–Crippen LogP) is 1.04. The van der Waals surface area contributed by atoms with Crippen molar-refractivity contribution in [2.75, 3.05) is 32.8 Å². The zero-order valence-corrected chi connectivity index (χ0v) is 12.4. The van der Waals surface area contributed by atoms with E-state index in [1.54, 1.807) is 12.1 Å². The van der Waals surface area contributed by atoms with Crippen LogP contribution in [0, 0.1) is 16.0 Å². The molecule has 2 rings (SSSR count). The fraction of sp³-hybridized carbons (Fsp3) is 0.600. The molecule has 2 N–H and O–H groups in total. The van der Waals surface area contributed by atoms with Crippen molar-refractivity contribution < 1.29 is 19.9 Å². The van der Waals surface area contributed by atoms with Crippen molar-refractivity contribution in [1.82, 2.24) is 4.90 Å². The number of hydrogen-bond acceptors (Lipinski definition) is 6. The Hall–Kier alpha value is -1.70. The van der Waals surface area contributed by atoms with Crippen LogP contribution in [0.2, 0.25) is 0 Å². The lowest BCUT2D eigenvalue weighted by Gasteiger charge is -2.32. The van der Waals surface area contributed by atoms with Crippen molar-refractivity contribution in [3.8, 4) is 5.75 Å². The van der Waals surface area contributed by atoms with Crippen LogP contribution in [0.5, 0.6) is 5.75 Å². The van der Waals surface area contributed by atoms with Crippen molar-refractivity contribution in [3.05, 3.63) is 34.4 Å². The van der Waals surface area contributed by atoms with Crippen LogP contribution >= 0.6 is 0 Å². The number of aliphatic hydroxyl groups is 2. The number of nitrogens with zero attached hydrogens (tertiary/aromatic N) is 2. The first-order valence-electron chi connectivity index (χ1n) is 7.47. The quantitative estimate of drug-likeness (QED) is 0.577. The second-order valence-corrected chi connectivity index (χ2v) is 5.67. The molecule has 22 heavy (non-hydrogen) atoms. The number of benzene rings is 1. The Labute approximate surface area is 129 Å². The lowest BCUT2D eigenvalue weighted by Crippen LogP contribution is -2.42. The molecule has 0 aromatic heterocycles. The van der Waals surface area contributed by atoms with E-state index in [4.69, 9.17) is 4.74 Å². The SMILES string of the molecule is O=[N+]([O-])c1cccc(OC[C@H](O)CN2CCC[C@H](CO)C2)c1. The summed E-state index contributed by atoms with van der Waals surface area (Å²) in [6.07, 6.45) is 1.37. The molecule has 0 aliphatic carbocycles. The first-order chi connectivity index (χ1) is 10.6. The summed E-state index contributed by atoms with van der Waals surface area (Å²) in [6, 6.07) is 5.92. The van der Waals surface area contributed by atoms with Gasteiger partial charge < -0.3 is 19.8 Å². The highest BCUT2D eigenvalue weighted by molar-refractivity contribution is 5.37. The average molecular weight is 310 g/mol. The third-order valence-corrected chi connectivity index (χ3v) is 3.80. The number of nitro groups is 1. The third-order valence-electron chi connectivity index (χ3n) is 3.80. The van der Waals surface area contributed by atoms with Crippen LogP contribution in [-0.4, -0.2) is 59.0 Å². The fourth-order valence-corrected chi connectivity index (χ4v) is 2.70. The highest BCUT2D eigenvalue weighted by Gasteiger charge is 2.21. The van der Waals surface area contributed by atoms with Gasteiger partial charge in [-0.25, -0.2) is 0 Å². The van der Waals surface area contributed by atoms with E-state index in [9.17, 15) is 20.3 Å². The molecule has 0 bridgehead atoms. The van der Waals surface area contributed by atoms with E-state index in [1.165, 1.54) is 12.1 Å². The molecule has 0 unspecified atom stereocenters. The topological polar surface area (TPSA) is 96.1 Å². The van der Waals surface area contributed by atoms with E-state index in [1.807, 2.05) is 0 Å². The largest absolute Gasteiger partial charge is 0.491 e. The number of hydrogen-bond donors (Lipinski definition) is 2. The predicted molar refractivity (Wildman–Crippen MR) is 80.8 cm³/mol. The fourth-order valence-electron chi connectivity index (χ4n) is 2.70. The number of non-ortho nitro benzene ring substituents is 1. The molecule has 1 aromatic carbocycles. The molecular formula is C15H22N2O5. The summed E-state index contributed by atoms with van der Waals surface area (Å²) in [5.41, 5.74) is -0.0335. The molecule has 0 amide bonds. The number of likely N-dealkylation sites (tertiary alicyclic amines) is 1. The van der Waals surface area contributed by atoms with Crippen LogP contribution in [0.1, 0.15) is 12.8 Å². The number of ether oxygens (including phenoxy) is 1. The maximum Gasteiger partial charge on any atom is 0.273 e. The summed E-state index contributed by atoms with van der Waals surface area (Å²) in [5.74, 6) is 0.652. The summed E-state index contributed by atoms with van der Waals surface area (Å²) in [6.45, 7) is 2.43. The Kier molecular flexibility index (Phi) is 6.11. The summed E-state index contributed by atoms with van der Waals surface area (Å²) < 4.78 is 5.42. The number of aliphatic hydroxyl groups excluding tert-OH is 2. The van der Waals surface area contributed by atoms with E-state index in [0.717, 1.165) is 25.9 Å². The smallest absolute Gasteiger partial charge is 0.273 e. The maximum absolute atomic E-state index is 10.7. The Morgan fingerprint density at radius 1 is 1.50 bits per heavy atom. The number of piperidine rings is 1. The summed E-state index contributed by atoms with van der Waals surface area (Å²) in [5, 5.41) is 29.9. The van der Waals surface area contributed by atoms with Crippen LogP contribution < -0.4 is 4.74 Å². The van der Waals surface area contributed by atoms with Crippen LogP contribution in [0.15, 0.2) is 24.3 Å². The minimum absolute atomic E-state index is 0.0335. The molecule has 0 spiro atoms. The van der Waals surface area contributed by atoms with E-state index in [0.29, 0.717) is 12.3 Å². The van der Waals surface area contributed by atoms with Crippen LogP contribution in [-0.2, 0) is 0 Å². The van der Waals surface area contributed by atoms with E-state index >= 15 is 0 Å². The molecule has 1 aliphatic heterocycles. The third kappa shape index (κ3) is 4.94. The van der Waals surface area contributed by atoms with Gasteiger partial charge in [0.2, 0.25) is 0 Å². The molecular weight excluding hydrogens is 288 g/mol. The second kappa shape index (κ2) is 8.07. The normalized spacial score (nSPS) is 20.5. The zero-order chi connectivity index (χ0) is 15.9. The molecule has 7 nitrogen and oxygen atoms in total. The van der Waals surface area contributed by atoms with Gasteiger partial charge in [-0.05, 0) is 31.4 Å². The van der Waals surface area contributed by atoms with Gasteiger partial charge in [-0.15, -0.1) is 0 Å². The van der Waals surface area contributed by atoms with Crippen molar-refractivity contribution in [1.29, 1.82) is 0 Å². The maximum atomic E-state index is 10.7.